The number of ether oxygens (including phenoxy) is 2. The third-order valence-electron chi connectivity index (χ3n) is 4.70. The summed E-state index contributed by atoms with van der Waals surface area (Å²) in [4.78, 5) is 49.9. The Kier molecular flexibility index (Phi) is 7.80. The first-order chi connectivity index (χ1) is 15.5. The van der Waals surface area contributed by atoms with Crippen LogP contribution in [-0.2, 0) is 19.1 Å². The van der Waals surface area contributed by atoms with Gasteiger partial charge in [-0.2, -0.15) is 0 Å². The Hall–Kier alpha value is -3.88. The van der Waals surface area contributed by atoms with Crippen LogP contribution in [-0.4, -0.2) is 50.0 Å². The molecule has 3 amide bonds. The van der Waals surface area contributed by atoms with Crippen LogP contribution in [0, 0.1) is 0 Å². The Morgan fingerprint density at radius 1 is 1.09 bits per heavy atom. The molecule has 1 aliphatic rings. The summed E-state index contributed by atoms with van der Waals surface area (Å²) >= 11 is 0. The fourth-order valence-electron chi connectivity index (χ4n) is 3.25. The zero-order valence-electron chi connectivity index (χ0n) is 17.8. The first-order valence-electron chi connectivity index (χ1n) is 10.3. The molecule has 0 spiro atoms. The Bertz CT molecular complexity index is 1010. The second-order valence-corrected chi connectivity index (χ2v) is 7.02. The van der Waals surface area contributed by atoms with Crippen molar-refractivity contribution in [1.29, 1.82) is 0 Å². The van der Waals surface area contributed by atoms with Gasteiger partial charge in [-0.25, -0.2) is 0 Å². The number of para-hydroxylation sites is 1. The van der Waals surface area contributed by atoms with E-state index in [2.05, 4.69) is 10.6 Å². The Labute approximate surface area is 185 Å². The fraction of sp³-hybridized carbons (Fsp3) is 0.304. The van der Waals surface area contributed by atoms with Crippen molar-refractivity contribution in [2.45, 2.75) is 19.8 Å². The highest BCUT2D eigenvalue weighted by molar-refractivity contribution is 5.99. The minimum absolute atomic E-state index is 0.0494. The lowest BCUT2D eigenvalue weighted by molar-refractivity contribution is -0.146. The number of nitrogens with zero attached hydrogens (tertiary/aromatic N) is 1. The number of anilines is 2. The van der Waals surface area contributed by atoms with Gasteiger partial charge in [0.15, 0.2) is 6.61 Å². The van der Waals surface area contributed by atoms with Crippen LogP contribution in [0.2, 0.25) is 0 Å². The lowest BCUT2D eigenvalue weighted by Crippen LogP contribution is -2.32. The topological polar surface area (TPSA) is 114 Å². The number of carbonyl (C=O) groups excluding carboxylic acids is 4. The van der Waals surface area contributed by atoms with E-state index >= 15 is 0 Å². The fourth-order valence-corrected chi connectivity index (χ4v) is 3.25. The van der Waals surface area contributed by atoms with Crippen LogP contribution in [0.5, 0.6) is 5.75 Å². The van der Waals surface area contributed by atoms with Crippen LogP contribution >= 0.6 is 0 Å². The SMILES string of the molecule is CCOc1ccccc1C(=O)NCC(=O)OCC(=O)Nc1cccc(N2CCCC2=O)c1. The Balaban J connectivity index is 1.45. The highest BCUT2D eigenvalue weighted by atomic mass is 16.5. The first-order valence-corrected chi connectivity index (χ1v) is 10.3. The number of carbonyl (C=O) groups is 4. The quantitative estimate of drug-likeness (QED) is 0.579. The Morgan fingerprint density at radius 2 is 1.91 bits per heavy atom. The van der Waals surface area contributed by atoms with Gasteiger partial charge < -0.3 is 25.0 Å². The average molecular weight is 439 g/mol. The second-order valence-electron chi connectivity index (χ2n) is 7.02. The van der Waals surface area contributed by atoms with Gasteiger partial charge >= 0.3 is 5.97 Å². The van der Waals surface area contributed by atoms with Crippen molar-refractivity contribution >= 4 is 35.1 Å². The van der Waals surface area contributed by atoms with E-state index in [4.69, 9.17) is 9.47 Å². The number of amides is 3. The van der Waals surface area contributed by atoms with E-state index in [9.17, 15) is 19.2 Å². The normalized spacial score (nSPS) is 12.9. The van der Waals surface area contributed by atoms with E-state index in [1.807, 2.05) is 0 Å². The molecule has 2 aromatic rings. The molecule has 1 saturated heterocycles. The van der Waals surface area contributed by atoms with Gasteiger partial charge in [0.05, 0.1) is 12.2 Å². The maximum atomic E-state index is 12.3. The van der Waals surface area contributed by atoms with Crippen molar-refractivity contribution in [3.05, 3.63) is 54.1 Å². The molecule has 32 heavy (non-hydrogen) atoms. The van der Waals surface area contributed by atoms with Crippen LogP contribution in [0.15, 0.2) is 48.5 Å². The summed E-state index contributed by atoms with van der Waals surface area (Å²) in [6.07, 6.45) is 1.32. The standard InChI is InChI=1S/C23H25N3O6/c1-2-31-19-10-4-3-9-18(19)23(30)24-14-22(29)32-15-20(27)25-16-7-5-8-17(13-16)26-12-6-11-21(26)28/h3-5,7-10,13H,2,6,11-12,14-15H2,1H3,(H,24,30)(H,25,27). The summed E-state index contributed by atoms with van der Waals surface area (Å²) in [5.74, 6) is -1.30. The zero-order valence-corrected chi connectivity index (χ0v) is 17.8. The molecule has 9 nitrogen and oxygen atoms in total. The summed E-state index contributed by atoms with van der Waals surface area (Å²) < 4.78 is 10.3. The van der Waals surface area contributed by atoms with Crippen molar-refractivity contribution < 1.29 is 28.7 Å². The van der Waals surface area contributed by atoms with Crippen LogP contribution < -0.4 is 20.3 Å². The van der Waals surface area contributed by atoms with Crippen LogP contribution in [0.25, 0.3) is 0 Å². The summed E-state index contributed by atoms with van der Waals surface area (Å²) in [6.45, 7) is 1.96. The molecule has 3 rings (SSSR count). The zero-order chi connectivity index (χ0) is 22.9. The van der Waals surface area contributed by atoms with E-state index in [1.165, 1.54) is 0 Å². The molecule has 1 aliphatic heterocycles. The van der Waals surface area contributed by atoms with Gasteiger partial charge in [-0.15, -0.1) is 0 Å². The van der Waals surface area contributed by atoms with Crippen LogP contribution in [0.3, 0.4) is 0 Å². The van der Waals surface area contributed by atoms with Crippen molar-refractivity contribution in [3.8, 4) is 5.75 Å². The van der Waals surface area contributed by atoms with Gasteiger partial charge in [0.1, 0.15) is 12.3 Å². The van der Waals surface area contributed by atoms with E-state index in [0.29, 0.717) is 42.3 Å². The predicted octanol–water partition coefficient (Wildman–Crippen LogP) is 2.12. The molecule has 9 heteroatoms. The lowest BCUT2D eigenvalue weighted by Gasteiger charge is -2.16. The van der Waals surface area contributed by atoms with Gasteiger partial charge in [0.2, 0.25) is 5.91 Å². The van der Waals surface area contributed by atoms with E-state index in [1.54, 1.807) is 60.4 Å². The van der Waals surface area contributed by atoms with E-state index in [0.717, 1.165) is 6.42 Å². The maximum Gasteiger partial charge on any atom is 0.325 e. The second kappa shape index (κ2) is 10.9. The van der Waals surface area contributed by atoms with Crippen LogP contribution in [0.4, 0.5) is 11.4 Å². The van der Waals surface area contributed by atoms with Gasteiger partial charge in [-0.3, -0.25) is 19.2 Å². The maximum absolute atomic E-state index is 12.3. The molecule has 2 N–H and O–H groups in total. The molecule has 0 atom stereocenters. The third kappa shape index (κ3) is 6.07. The van der Waals surface area contributed by atoms with Gasteiger partial charge in [-0.1, -0.05) is 18.2 Å². The average Bonchev–Trinajstić information content (AvgIpc) is 3.22. The number of hydrogen-bond acceptors (Lipinski definition) is 6. The first kappa shape index (κ1) is 22.8. The molecular weight excluding hydrogens is 414 g/mol. The number of rotatable bonds is 9. The highest BCUT2D eigenvalue weighted by Gasteiger charge is 2.22. The third-order valence-corrected chi connectivity index (χ3v) is 4.70. The molecule has 0 aromatic heterocycles. The summed E-state index contributed by atoms with van der Waals surface area (Å²) in [6, 6.07) is 13.6. The largest absolute Gasteiger partial charge is 0.493 e. The molecule has 1 heterocycles. The number of esters is 1. The van der Waals surface area contributed by atoms with E-state index < -0.39 is 24.4 Å². The molecule has 2 aromatic carbocycles. The van der Waals surface area contributed by atoms with Crippen LogP contribution in [0.1, 0.15) is 30.1 Å². The van der Waals surface area contributed by atoms with Crippen molar-refractivity contribution in [2.75, 3.05) is 36.5 Å². The smallest absolute Gasteiger partial charge is 0.325 e. The van der Waals surface area contributed by atoms with Crippen molar-refractivity contribution in [1.82, 2.24) is 5.32 Å². The predicted molar refractivity (Wildman–Crippen MR) is 118 cm³/mol. The molecule has 168 valence electrons. The molecular formula is C23H25N3O6. The van der Waals surface area contributed by atoms with Crippen molar-refractivity contribution in [2.24, 2.45) is 0 Å². The number of hydrogen-bond donors (Lipinski definition) is 2. The summed E-state index contributed by atoms with van der Waals surface area (Å²) in [5.41, 5.74) is 1.50. The number of benzene rings is 2. The Morgan fingerprint density at radius 3 is 2.66 bits per heavy atom. The minimum Gasteiger partial charge on any atom is -0.493 e. The molecule has 0 unspecified atom stereocenters. The molecule has 0 bridgehead atoms. The summed E-state index contributed by atoms with van der Waals surface area (Å²) in [7, 11) is 0. The molecule has 0 saturated carbocycles. The van der Waals surface area contributed by atoms with Gasteiger partial charge in [-0.05, 0) is 43.7 Å². The monoisotopic (exact) mass is 439 g/mol. The van der Waals surface area contributed by atoms with E-state index in [-0.39, 0.29) is 12.5 Å². The minimum atomic E-state index is -0.751. The van der Waals surface area contributed by atoms with Crippen molar-refractivity contribution in [3.63, 3.8) is 0 Å². The molecule has 1 fully saturated rings. The number of nitrogens with one attached hydrogen (secondary N) is 2. The molecule has 0 aliphatic carbocycles. The lowest BCUT2D eigenvalue weighted by atomic mass is 10.2. The van der Waals surface area contributed by atoms with Gasteiger partial charge in [0.25, 0.3) is 11.8 Å². The molecule has 0 radical (unpaired) electrons. The highest BCUT2D eigenvalue weighted by Crippen LogP contribution is 2.24. The summed E-state index contributed by atoms with van der Waals surface area (Å²) in [5, 5.41) is 5.08. The van der Waals surface area contributed by atoms with Gasteiger partial charge in [0, 0.05) is 24.3 Å².